The zero-order chi connectivity index (χ0) is 18.9. The number of ether oxygens (including phenoxy) is 2. The van der Waals surface area contributed by atoms with Crippen LogP contribution in [0, 0.1) is 11.6 Å². The van der Waals surface area contributed by atoms with E-state index in [1.807, 2.05) is 6.92 Å². The molecule has 6 nitrogen and oxygen atoms in total. The predicted octanol–water partition coefficient (Wildman–Crippen LogP) is 3.36. The number of oxime groups is 1. The number of carbonyl (C=O) groups excluding carboxylic acids is 1. The van der Waals surface area contributed by atoms with Crippen LogP contribution in [0.25, 0.3) is 0 Å². The Morgan fingerprint density at radius 3 is 2.65 bits per heavy atom. The fraction of sp³-hybridized carbons (Fsp3) is 0.222. The SMILES string of the molecule is CCOc1ccc(/C=N\OCC(=O)Nc2ccc(F)c(F)c2)cc1OC. The van der Waals surface area contributed by atoms with Crippen LogP contribution in [0.15, 0.2) is 41.6 Å². The Bertz CT molecular complexity index is 797. The van der Waals surface area contributed by atoms with Gasteiger partial charge in [0, 0.05) is 17.3 Å². The predicted molar refractivity (Wildman–Crippen MR) is 92.7 cm³/mol. The second-order valence-electron chi connectivity index (χ2n) is 5.03. The van der Waals surface area contributed by atoms with E-state index in [2.05, 4.69) is 10.5 Å². The van der Waals surface area contributed by atoms with Gasteiger partial charge in [0.2, 0.25) is 0 Å². The molecule has 0 saturated carbocycles. The molecule has 8 heteroatoms. The average Bonchev–Trinajstić information content (AvgIpc) is 2.63. The van der Waals surface area contributed by atoms with Gasteiger partial charge in [-0.25, -0.2) is 8.78 Å². The second-order valence-corrected chi connectivity index (χ2v) is 5.03. The van der Waals surface area contributed by atoms with Crippen molar-refractivity contribution in [1.82, 2.24) is 0 Å². The van der Waals surface area contributed by atoms with Crippen molar-refractivity contribution in [3.63, 3.8) is 0 Å². The summed E-state index contributed by atoms with van der Waals surface area (Å²) >= 11 is 0. The number of hydrogen-bond donors (Lipinski definition) is 1. The minimum Gasteiger partial charge on any atom is -0.493 e. The van der Waals surface area contributed by atoms with Crippen LogP contribution in [0.2, 0.25) is 0 Å². The van der Waals surface area contributed by atoms with Gasteiger partial charge in [0.25, 0.3) is 5.91 Å². The van der Waals surface area contributed by atoms with Crippen molar-refractivity contribution in [2.45, 2.75) is 6.92 Å². The zero-order valence-corrected chi connectivity index (χ0v) is 14.3. The quantitative estimate of drug-likeness (QED) is 0.576. The Labute approximate surface area is 149 Å². The van der Waals surface area contributed by atoms with Gasteiger partial charge < -0.3 is 19.6 Å². The maximum Gasteiger partial charge on any atom is 0.265 e. The van der Waals surface area contributed by atoms with Gasteiger partial charge >= 0.3 is 0 Å². The van der Waals surface area contributed by atoms with Gasteiger partial charge in [-0.3, -0.25) is 4.79 Å². The summed E-state index contributed by atoms with van der Waals surface area (Å²) in [6.45, 7) is 2.00. The lowest BCUT2D eigenvalue weighted by Gasteiger charge is -2.09. The monoisotopic (exact) mass is 364 g/mol. The van der Waals surface area contributed by atoms with Gasteiger partial charge in [-0.2, -0.15) is 0 Å². The molecule has 0 heterocycles. The van der Waals surface area contributed by atoms with E-state index in [1.165, 1.54) is 19.4 Å². The highest BCUT2D eigenvalue weighted by Crippen LogP contribution is 2.27. The number of benzene rings is 2. The fourth-order valence-electron chi connectivity index (χ4n) is 2.00. The van der Waals surface area contributed by atoms with Crippen LogP contribution in [0.3, 0.4) is 0 Å². The summed E-state index contributed by atoms with van der Waals surface area (Å²) < 4.78 is 36.5. The number of carbonyl (C=O) groups is 1. The van der Waals surface area contributed by atoms with E-state index in [1.54, 1.807) is 18.2 Å². The molecule has 2 rings (SSSR count). The number of methoxy groups -OCH3 is 1. The molecule has 0 atom stereocenters. The number of amides is 1. The molecule has 0 aliphatic carbocycles. The Morgan fingerprint density at radius 2 is 1.96 bits per heavy atom. The minimum absolute atomic E-state index is 0.123. The smallest absolute Gasteiger partial charge is 0.265 e. The van der Waals surface area contributed by atoms with E-state index in [0.717, 1.165) is 12.1 Å². The maximum atomic E-state index is 13.1. The molecular weight excluding hydrogens is 346 g/mol. The molecule has 0 bridgehead atoms. The van der Waals surface area contributed by atoms with Crippen molar-refractivity contribution < 1.29 is 27.9 Å². The zero-order valence-electron chi connectivity index (χ0n) is 14.3. The molecule has 0 saturated heterocycles. The maximum absolute atomic E-state index is 13.1. The van der Waals surface area contributed by atoms with E-state index >= 15 is 0 Å². The largest absolute Gasteiger partial charge is 0.493 e. The van der Waals surface area contributed by atoms with Crippen molar-refractivity contribution in [2.24, 2.45) is 5.16 Å². The molecule has 0 fully saturated rings. The molecule has 2 aromatic rings. The molecule has 0 aliphatic heterocycles. The molecule has 1 amide bonds. The molecule has 0 spiro atoms. The average molecular weight is 364 g/mol. The van der Waals surface area contributed by atoms with Gasteiger partial charge in [0.1, 0.15) is 0 Å². The first kappa shape index (κ1) is 19.2. The van der Waals surface area contributed by atoms with Gasteiger partial charge in [-0.05, 0) is 37.3 Å². The lowest BCUT2D eigenvalue weighted by molar-refractivity contribution is -0.120. The van der Waals surface area contributed by atoms with E-state index in [0.29, 0.717) is 23.7 Å². The van der Waals surface area contributed by atoms with Gasteiger partial charge in [-0.1, -0.05) is 5.16 Å². The highest BCUT2D eigenvalue weighted by atomic mass is 19.2. The molecule has 1 N–H and O–H groups in total. The third kappa shape index (κ3) is 5.44. The highest BCUT2D eigenvalue weighted by molar-refractivity contribution is 5.91. The topological polar surface area (TPSA) is 69.2 Å². The Morgan fingerprint density at radius 1 is 1.15 bits per heavy atom. The molecule has 26 heavy (non-hydrogen) atoms. The van der Waals surface area contributed by atoms with E-state index in [9.17, 15) is 13.6 Å². The normalized spacial score (nSPS) is 10.6. The number of nitrogens with one attached hydrogen (secondary N) is 1. The van der Waals surface area contributed by atoms with E-state index in [-0.39, 0.29) is 12.3 Å². The Balaban J connectivity index is 1.86. The Kier molecular flexibility index (Phi) is 6.90. The molecular formula is C18H18F2N2O4. The summed E-state index contributed by atoms with van der Waals surface area (Å²) in [5, 5.41) is 6.06. The van der Waals surface area contributed by atoms with Crippen LogP contribution in [0.1, 0.15) is 12.5 Å². The number of nitrogens with zero attached hydrogens (tertiary/aromatic N) is 1. The minimum atomic E-state index is -1.05. The van der Waals surface area contributed by atoms with Crippen molar-refractivity contribution in [2.75, 3.05) is 25.6 Å². The summed E-state index contributed by atoms with van der Waals surface area (Å²) in [4.78, 5) is 16.6. The first-order chi connectivity index (χ1) is 12.5. The van der Waals surface area contributed by atoms with Gasteiger partial charge in [0.05, 0.1) is 19.9 Å². The van der Waals surface area contributed by atoms with Crippen molar-refractivity contribution >= 4 is 17.8 Å². The van der Waals surface area contributed by atoms with Crippen LogP contribution in [-0.2, 0) is 9.63 Å². The highest BCUT2D eigenvalue weighted by Gasteiger charge is 2.07. The summed E-state index contributed by atoms with van der Waals surface area (Å²) in [7, 11) is 1.53. The molecule has 0 aliphatic rings. The summed E-state index contributed by atoms with van der Waals surface area (Å²) in [6.07, 6.45) is 1.41. The summed E-state index contributed by atoms with van der Waals surface area (Å²) in [5.74, 6) is -1.44. The fourth-order valence-corrected chi connectivity index (χ4v) is 2.00. The van der Waals surface area contributed by atoms with E-state index in [4.69, 9.17) is 14.3 Å². The molecule has 2 aromatic carbocycles. The van der Waals surface area contributed by atoms with E-state index < -0.39 is 17.5 Å². The first-order valence-electron chi connectivity index (χ1n) is 7.74. The Hall–Kier alpha value is -3.16. The number of halogens is 2. The third-order valence-electron chi connectivity index (χ3n) is 3.16. The molecule has 0 radical (unpaired) electrons. The molecule has 0 unspecified atom stereocenters. The number of rotatable bonds is 8. The lowest BCUT2D eigenvalue weighted by Crippen LogP contribution is -2.17. The summed E-state index contributed by atoms with van der Waals surface area (Å²) in [5.41, 5.74) is 0.809. The van der Waals surface area contributed by atoms with Crippen LogP contribution >= 0.6 is 0 Å². The standard InChI is InChI=1S/C18H18F2N2O4/c1-3-25-16-7-4-12(8-17(16)24-2)10-21-26-11-18(23)22-13-5-6-14(19)15(20)9-13/h4-10H,3,11H2,1-2H3,(H,22,23)/b21-10-. The molecule has 138 valence electrons. The number of hydrogen-bond acceptors (Lipinski definition) is 5. The van der Waals surface area contributed by atoms with Crippen LogP contribution in [-0.4, -0.2) is 32.4 Å². The van der Waals surface area contributed by atoms with Crippen LogP contribution < -0.4 is 14.8 Å². The van der Waals surface area contributed by atoms with Crippen molar-refractivity contribution in [1.29, 1.82) is 0 Å². The summed E-state index contributed by atoms with van der Waals surface area (Å²) in [6, 6.07) is 8.23. The first-order valence-corrected chi connectivity index (χ1v) is 7.74. The van der Waals surface area contributed by atoms with Crippen LogP contribution in [0.5, 0.6) is 11.5 Å². The number of anilines is 1. The van der Waals surface area contributed by atoms with Gasteiger partial charge in [-0.15, -0.1) is 0 Å². The second kappa shape index (κ2) is 9.36. The van der Waals surface area contributed by atoms with Gasteiger partial charge in [0.15, 0.2) is 29.7 Å². The van der Waals surface area contributed by atoms with Crippen molar-refractivity contribution in [3.8, 4) is 11.5 Å². The lowest BCUT2D eigenvalue weighted by atomic mass is 10.2. The van der Waals surface area contributed by atoms with Crippen molar-refractivity contribution in [3.05, 3.63) is 53.6 Å². The van der Waals surface area contributed by atoms with Crippen LogP contribution in [0.4, 0.5) is 14.5 Å². The molecule has 0 aromatic heterocycles. The third-order valence-corrected chi connectivity index (χ3v) is 3.16.